The van der Waals surface area contributed by atoms with Crippen molar-refractivity contribution in [2.24, 2.45) is 5.92 Å². The van der Waals surface area contributed by atoms with Crippen LogP contribution in [0.2, 0.25) is 0 Å². The summed E-state index contributed by atoms with van der Waals surface area (Å²) in [6, 6.07) is 11.6. The van der Waals surface area contributed by atoms with Crippen molar-refractivity contribution in [3.63, 3.8) is 0 Å². The Kier molecular flexibility index (Phi) is 8.95. The maximum absolute atomic E-state index is 13.3. The highest BCUT2D eigenvalue weighted by atomic mass is 32.2. The van der Waals surface area contributed by atoms with Gasteiger partial charge < -0.3 is 19.8 Å². The van der Waals surface area contributed by atoms with Crippen molar-refractivity contribution in [2.45, 2.75) is 57.0 Å². The summed E-state index contributed by atoms with van der Waals surface area (Å²) in [4.78, 5) is 39.7. The highest BCUT2D eigenvalue weighted by molar-refractivity contribution is 7.89. The van der Waals surface area contributed by atoms with E-state index in [1.165, 1.54) is 19.2 Å². The van der Waals surface area contributed by atoms with Crippen LogP contribution in [0.4, 0.5) is 0 Å². The van der Waals surface area contributed by atoms with E-state index in [0.29, 0.717) is 29.7 Å². The second kappa shape index (κ2) is 12.2. The summed E-state index contributed by atoms with van der Waals surface area (Å²) in [5, 5.41) is 6.36. The summed E-state index contributed by atoms with van der Waals surface area (Å²) < 4.78 is 38.5. The number of nitrogens with one attached hydrogen (secondary N) is 2. The number of benzene rings is 2. The topological polar surface area (TPSA) is 135 Å². The molecule has 2 amide bonds. The van der Waals surface area contributed by atoms with Crippen molar-refractivity contribution in [1.29, 1.82) is 0 Å². The molecule has 0 spiro atoms. The molecule has 2 atom stereocenters. The fourth-order valence-electron chi connectivity index (χ4n) is 4.85. The standard InChI is InChI=1S/C29H35N3O7S/c1-18(2)15-24(31-29(35)27-19(3)22-11-5-6-13-26(22)39-27)28(34)30-23-12-8-14-32(17-25(23)33)40(36,37)21-10-7-9-20(16-21)38-4/h5-7,9-11,13,16,18,23-24H,8,12,14-15,17H2,1-4H3,(H,30,34)(H,31,35)/t23-,24-/m0/s1. The molecule has 1 aliphatic heterocycles. The van der Waals surface area contributed by atoms with E-state index in [2.05, 4.69) is 10.6 Å². The van der Waals surface area contributed by atoms with Crippen LogP contribution in [-0.4, -0.2) is 62.6 Å². The van der Waals surface area contributed by atoms with Gasteiger partial charge in [0.1, 0.15) is 17.4 Å². The van der Waals surface area contributed by atoms with Gasteiger partial charge in [0.2, 0.25) is 15.9 Å². The highest BCUT2D eigenvalue weighted by Gasteiger charge is 2.35. The predicted octanol–water partition coefficient (Wildman–Crippen LogP) is 3.43. The molecule has 40 heavy (non-hydrogen) atoms. The van der Waals surface area contributed by atoms with Gasteiger partial charge in [0, 0.05) is 23.6 Å². The van der Waals surface area contributed by atoms with Gasteiger partial charge in [-0.15, -0.1) is 0 Å². The Bertz CT molecular complexity index is 1510. The van der Waals surface area contributed by atoms with Gasteiger partial charge in [-0.1, -0.05) is 38.1 Å². The van der Waals surface area contributed by atoms with Gasteiger partial charge in [-0.3, -0.25) is 14.4 Å². The zero-order chi connectivity index (χ0) is 29.0. The summed E-state index contributed by atoms with van der Waals surface area (Å²) in [5.41, 5.74) is 1.25. The monoisotopic (exact) mass is 569 g/mol. The first-order valence-corrected chi connectivity index (χ1v) is 14.7. The molecule has 3 aromatic rings. The third-order valence-corrected chi connectivity index (χ3v) is 8.84. The van der Waals surface area contributed by atoms with E-state index in [1.54, 1.807) is 25.1 Å². The third-order valence-electron chi connectivity index (χ3n) is 7.00. The number of amides is 2. The molecule has 0 bridgehead atoms. The normalized spacial score (nSPS) is 17.4. The zero-order valence-corrected chi connectivity index (χ0v) is 23.9. The Morgan fingerprint density at radius 3 is 2.60 bits per heavy atom. The number of carbonyl (C=O) groups is 3. The summed E-state index contributed by atoms with van der Waals surface area (Å²) >= 11 is 0. The molecule has 2 heterocycles. The SMILES string of the molecule is COc1cccc(S(=O)(=O)N2CCC[C@H](NC(=O)[C@H](CC(C)C)NC(=O)c3oc4ccccc4c3C)C(=O)C2)c1. The van der Waals surface area contributed by atoms with Crippen LogP contribution in [0.3, 0.4) is 0 Å². The van der Waals surface area contributed by atoms with E-state index in [4.69, 9.17) is 9.15 Å². The van der Waals surface area contributed by atoms with E-state index < -0.39 is 39.7 Å². The number of sulfonamides is 1. The van der Waals surface area contributed by atoms with Crippen molar-refractivity contribution in [2.75, 3.05) is 20.2 Å². The van der Waals surface area contributed by atoms with Crippen LogP contribution < -0.4 is 15.4 Å². The first-order valence-electron chi connectivity index (χ1n) is 13.3. The Balaban J connectivity index is 1.46. The van der Waals surface area contributed by atoms with Gasteiger partial charge in [0.15, 0.2) is 11.5 Å². The third kappa shape index (κ3) is 6.37. The molecule has 1 saturated heterocycles. The Morgan fingerprint density at radius 1 is 1.15 bits per heavy atom. The van der Waals surface area contributed by atoms with Crippen LogP contribution in [0.25, 0.3) is 11.0 Å². The molecule has 4 rings (SSSR count). The van der Waals surface area contributed by atoms with Gasteiger partial charge in [0.05, 0.1) is 24.6 Å². The van der Waals surface area contributed by atoms with Crippen LogP contribution in [0, 0.1) is 12.8 Å². The number of aryl methyl sites for hydroxylation is 1. The molecule has 11 heteroatoms. The minimum absolute atomic E-state index is 0.0303. The molecule has 1 fully saturated rings. The van der Waals surface area contributed by atoms with Crippen LogP contribution >= 0.6 is 0 Å². The van der Waals surface area contributed by atoms with Crippen LogP contribution in [0.15, 0.2) is 57.8 Å². The maximum atomic E-state index is 13.3. The van der Waals surface area contributed by atoms with Gasteiger partial charge in [0.25, 0.3) is 5.91 Å². The predicted molar refractivity (Wildman–Crippen MR) is 150 cm³/mol. The van der Waals surface area contributed by atoms with E-state index in [0.717, 1.165) is 9.69 Å². The molecule has 1 aliphatic rings. The van der Waals surface area contributed by atoms with Gasteiger partial charge in [-0.2, -0.15) is 4.31 Å². The van der Waals surface area contributed by atoms with Crippen LogP contribution in [-0.2, 0) is 19.6 Å². The molecule has 0 saturated carbocycles. The van der Waals surface area contributed by atoms with E-state index >= 15 is 0 Å². The summed E-state index contributed by atoms with van der Waals surface area (Å²) in [6.07, 6.45) is 0.993. The first kappa shape index (κ1) is 29.3. The molecular formula is C29H35N3O7S. The summed E-state index contributed by atoms with van der Waals surface area (Å²) in [5.74, 6) is -0.841. The second-order valence-electron chi connectivity index (χ2n) is 10.4. The van der Waals surface area contributed by atoms with Crippen molar-refractivity contribution < 1.29 is 32.0 Å². The lowest BCUT2D eigenvalue weighted by molar-refractivity contribution is -0.129. The smallest absolute Gasteiger partial charge is 0.287 e. The van der Waals surface area contributed by atoms with Crippen molar-refractivity contribution >= 4 is 38.6 Å². The number of methoxy groups -OCH3 is 1. The lowest BCUT2D eigenvalue weighted by Crippen LogP contribution is -2.52. The Labute approximate surface area is 234 Å². The Hall–Kier alpha value is -3.70. The molecule has 0 aliphatic carbocycles. The number of hydrogen-bond acceptors (Lipinski definition) is 7. The van der Waals surface area contributed by atoms with Gasteiger partial charge >= 0.3 is 0 Å². The fraction of sp³-hybridized carbons (Fsp3) is 0.414. The lowest BCUT2D eigenvalue weighted by atomic mass is 10.0. The quantitative estimate of drug-likeness (QED) is 0.403. The summed E-state index contributed by atoms with van der Waals surface area (Å²) in [7, 11) is -2.50. The fourth-order valence-corrected chi connectivity index (χ4v) is 6.33. The zero-order valence-electron chi connectivity index (χ0n) is 23.1. The minimum Gasteiger partial charge on any atom is -0.497 e. The van der Waals surface area contributed by atoms with Crippen molar-refractivity contribution in [3.8, 4) is 5.75 Å². The van der Waals surface area contributed by atoms with Crippen molar-refractivity contribution in [1.82, 2.24) is 14.9 Å². The summed E-state index contributed by atoms with van der Waals surface area (Å²) in [6.45, 7) is 5.40. The van der Waals surface area contributed by atoms with E-state index in [1.807, 2.05) is 32.0 Å². The molecule has 0 radical (unpaired) electrons. The van der Waals surface area contributed by atoms with Crippen molar-refractivity contribution in [3.05, 3.63) is 59.9 Å². The number of hydrogen-bond donors (Lipinski definition) is 2. The number of Topliss-reactive ketones (excluding diaryl/α,β-unsaturated/α-hetero) is 1. The van der Waals surface area contributed by atoms with E-state index in [-0.39, 0.29) is 36.1 Å². The molecule has 214 valence electrons. The average molecular weight is 570 g/mol. The second-order valence-corrected chi connectivity index (χ2v) is 12.3. The Morgan fingerprint density at radius 2 is 1.90 bits per heavy atom. The van der Waals surface area contributed by atoms with Crippen LogP contribution in [0.1, 0.15) is 49.2 Å². The number of ketones is 1. The lowest BCUT2D eigenvalue weighted by Gasteiger charge is -2.23. The molecule has 2 aromatic carbocycles. The number of para-hydroxylation sites is 1. The maximum Gasteiger partial charge on any atom is 0.287 e. The molecule has 10 nitrogen and oxygen atoms in total. The number of ether oxygens (including phenoxy) is 1. The van der Waals surface area contributed by atoms with E-state index in [9.17, 15) is 22.8 Å². The number of rotatable bonds is 9. The average Bonchev–Trinajstić information content (AvgIpc) is 3.15. The van der Waals surface area contributed by atoms with Gasteiger partial charge in [-0.25, -0.2) is 8.42 Å². The first-order chi connectivity index (χ1) is 19.0. The number of fused-ring (bicyclic) bond motifs is 1. The number of carbonyl (C=O) groups excluding carboxylic acids is 3. The minimum atomic E-state index is -3.94. The molecule has 1 aromatic heterocycles. The number of furan rings is 1. The van der Waals surface area contributed by atoms with Crippen LogP contribution in [0.5, 0.6) is 5.75 Å². The molecule has 0 unspecified atom stereocenters. The largest absolute Gasteiger partial charge is 0.497 e. The number of nitrogens with zero attached hydrogens (tertiary/aromatic N) is 1. The van der Waals surface area contributed by atoms with Gasteiger partial charge in [-0.05, 0) is 50.3 Å². The highest BCUT2D eigenvalue weighted by Crippen LogP contribution is 2.26. The molecule has 2 N–H and O–H groups in total. The molecular weight excluding hydrogens is 534 g/mol.